The Labute approximate surface area is 222 Å². The Bertz CT molecular complexity index is 1530. The second kappa shape index (κ2) is 10.5. The highest BCUT2D eigenvalue weighted by Gasteiger charge is 2.27. The van der Waals surface area contributed by atoms with Crippen LogP contribution in [0.5, 0.6) is 5.75 Å². The average molecular weight is 542 g/mol. The number of halogens is 4. The van der Waals surface area contributed by atoms with Gasteiger partial charge in [0.1, 0.15) is 0 Å². The van der Waals surface area contributed by atoms with Gasteiger partial charge in [-0.25, -0.2) is 13.9 Å². The number of alkyl halides is 3. The van der Waals surface area contributed by atoms with Gasteiger partial charge in [0.05, 0.1) is 36.8 Å². The topological polar surface area (TPSA) is 80.5 Å². The van der Waals surface area contributed by atoms with Crippen LogP contribution in [0.25, 0.3) is 16.9 Å². The zero-order chi connectivity index (χ0) is 27.7. The molecule has 2 aromatic carbocycles. The van der Waals surface area contributed by atoms with Crippen molar-refractivity contribution in [3.05, 3.63) is 76.9 Å². The van der Waals surface area contributed by atoms with Crippen LogP contribution in [-0.2, 0) is 6.42 Å². The monoisotopic (exact) mass is 541 g/mol. The van der Waals surface area contributed by atoms with E-state index in [0.717, 1.165) is 24.0 Å². The second-order valence-electron chi connectivity index (χ2n) is 9.64. The Kier molecular flexibility index (Phi) is 7.16. The Morgan fingerprint density at radius 2 is 1.95 bits per heavy atom. The first-order valence-electron chi connectivity index (χ1n) is 12.5. The third-order valence-electron chi connectivity index (χ3n) is 6.52. The van der Waals surface area contributed by atoms with Crippen LogP contribution in [0.1, 0.15) is 46.4 Å². The van der Waals surface area contributed by atoms with Gasteiger partial charge in [0.25, 0.3) is 5.91 Å². The average Bonchev–Trinajstić information content (AvgIpc) is 3.58. The van der Waals surface area contributed by atoms with Crippen molar-refractivity contribution in [3.63, 3.8) is 0 Å². The van der Waals surface area contributed by atoms with E-state index in [0.29, 0.717) is 33.8 Å². The van der Waals surface area contributed by atoms with Crippen molar-refractivity contribution < 1.29 is 27.1 Å². The standard InChI is InChI=1S/C28H27F4N5O2/c1-16-11-18(4-7-21(16)27(38)35-19-5-6-19)24-15-34-26-23(33-10-9-28(30,31)32)14-20(36-37(24)26)12-17-3-8-25(39-2)22(29)13-17/h3-4,7-8,11,13-15,19,33H,5-6,9-10,12H2,1-2H3,(H,35,38). The van der Waals surface area contributed by atoms with Crippen LogP contribution in [-0.4, -0.2) is 46.4 Å². The zero-order valence-electron chi connectivity index (χ0n) is 21.4. The van der Waals surface area contributed by atoms with Gasteiger partial charge in [0, 0.05) is 30.1 Å². The number of aromatic nitrogens is 3. The molecule has 2 aromatic heterocycles. The molecule has 0 atom stereocenters. The van der Waals surface area contributed by atoms with E-state index in [2.05, 4.69) is 15.6 Å². The summed E-state index contributed by atoms with van der Waals surface area (Å²) in [6.07, 6.45) is -1.54. The lowest BCUT2D eigenvalue weighted by atomic mass is 10.0. The number of amides is 1. The Balaban J connectivity index is 1.51. The fraction of sp³-hybridized carbons (Fsp3) is 0.321. The number of nitrogens with zero attached hydrogens (tertiary/aromatic N) is 3. The van der Waals surface area contributed by atoms with Crippen molar-refractivity contribution in [1.82, 2.24) is 19.9 Å². The minimum atomic E-state index is -4.31. The number of fused-ring (bicyclic) bond motifs is 1. The quantitative estimate of drug-likeness (QED) is 0.266. The molecule has 1 saturated carbocycles. The Morgan fingerprint density at radius 1 is 1.15 bits per heavy atom. The van der Waals surface area contributed by atoms with E-state index in [1.165, 1.54) is 19.2 Å². The Hall–Kier alpha value is -4.15. The maximum Gasteiger partial charge on any atom is 0.390 e. The van der Waals surface area contributed by atoms with Crippen molar-refractivity contribution in [3.8, 4) is 17.0 Å². The smallest absolute Gasteiger partial charge is 0.390 e. The van der Waals surface area contributed by atoms with E-state index in [9.17, 15) is 22.4 Å². The molecule has 0 spiro atoms. The normalized spacial score (nSPS) is 13.5. The van der Waals surface area contributed by atoms with E-state index >= 15 is 0 Å². The van der Waals surface area contributed by atoms with Crippen LogP contribution < -0.4 is 15.4 Å². The number of benzene rings is 2. The fourth-order valence-corrected chi connectivity index (χ4v) is 4.37. The lowest BCUT2D eigenvalue weighted by Crippen LogP contribution is -2.26. The van der Waals surface area contributed by atoms with E-state index < -0.39 is 18.4 Å². The Morgan fingerprint density at radius 3 is 2.62 bits per heavy atom. The molecular formula is C28H27F4N5O2. The lowest BCUT2D eigenvalue weighted by molar-refractivity contribution is -0.131. The number of carbonyl (C=O) groups excluding carboxylic acids is 1. The van der Waals surface area contributed by atoms with E-state index in [1.807, 2.05) is 13.0 Å². The maximum absolute atomic E-state index is 14.3. The summed E-state index contributed by atoms with van der Waals surface area (Å²) in [5.74, 6) is -0.537. The summed E-state index contributed by atoms with van der Waals surface area (Å²) >= 11 is 0. The molecule has 7 nitrogen and oxygen atoms in total. The number of rotatable bonds is 9. The molecule has 0 aliphatic heterocycles. The van der Waals surface area contributed by atoms with Gasteiger partial charge >= 0.3 is 6.18 Å². The highest BCUT2D eigenvalue weighted by atomic mass is 19.4. The summed E-state index contributed by atoms with van der Waals surface area (Å²) < 4.78 is 59.3. The van der Waals surface area contributed by atoms with E-state index in [1.54, 1.807) is 35.0 Å². The molecule has 1 aliphatic rings. The number of carbonyl (C=O) groups is 1. The van der Waals surface area contributed by atoms with Crippen LogP contribution in [0.4, 0.5) is 23.2 Å². The number of methoxy groups -OCH3 is 1. The summed E-state index contributed by atoms with van der Waals surface area (Å²) in [4.78, 5) is 17.0. The van der Waals surface area contributed by atoms with Crippen LogP contribution in [0.15, 0.2) is 48.7 Å². The number of ether oxygens (including phenoxy) is 1. The van der Waals surface area contributed by atoms with Gasteiger partial charge in [0.15, 0.2) is 17.2 Å². The highest BCUT2D eigenvalue weighted by molar-refractivity contribution is 5.96. The van der Waals surface area contributed by atoms with Crippen LogP contribution in [0.3, 0.4) is 0 Å². The summed E-state index contributed by atoms with van der Waals surface area (Å²) in [5, 5.41) is 10.5. The van der Waals surface area contributed by atoms with Crippen molar-refractivity contribution in [2.45, 2.75) is 44.8 Å². The molecule has 0 radical (unpaired) electrons. The molecule has 204 valence electrons. The van der Waals surface area contributed by atoms with Crippen molar-refractivity contribution >= 4 is 17.2 Å². The van der Waals surface area contributed by atoms with Crippen LogP contribution in [0.2, 0.25) is 0 Å². The van der Waals surface area contributed by atoms with Gasteiger partial charge in [-0.2, -0.15) is 18.3 Å². The minimum absolute atomic E-state index is 0.109. The largest absolute Gasteiger partial charge is 0.494 e. The predicted octanol–water partition coefficient (Wildman–Crippen LogP) is 5.70. The summed E-state index contributed by atoms with van der Waals surface area (Å²) in [6.45, 7) is 1.50. The van der Waals surface area contributed by atoms with E-state index in [4.69, 9.17) is 9.84 Å². The summed E-state index contributed by atoms with van der Waals surface area (Å²) in [6, 6.07) is 11.8. The van der Waals surface area contributed by atoms with Gasteiger partial charge in [-0.15, -0.1) is 0 Å². The molecule has 0 saturated heterocycles. The predicted molar refractivity (Wildman–Crippen MR) is 139 cm³/mol. The number of hydrogen-bond donors (Lipinski definition) is 2. The fourth-order valence-electron chi connectivity index (χ4n) is 4.37. The molecule has 2 heterocycles. The number of aryl methyl sites for hydroxylation is 1. The second-order valence-corrected chi connectivity index (χ2v) is 9.64. The molecular weight excluding hydrogens is 514 g/mol. The summed E-state index contributed by atoms with van der Waals surface area (Å²) in [7, 11) is 1.38. The SMILES string of the molecule is COc1ccc(Cc2cc(NCCC(F)(F)F)c3ncc(-c4ccc(C(=O)NC5CC5)c(C)c4)n3n2)cc1F. The number of nitrogens with one attached hydrogen (secondary N) is 2. The van der Waals surface area contributed by atoms with Gasteiger partial charge in [-0.3, -0.25) is 4.79 Å². The van der Waals surface area contributed by atoms with Gasteiger partial charge in [0.2, 0.25) is 0 Å². The number of imidazole rings is 1. The summed E-state index contributed by atoms with van der Waals surface area (Å²) in [5.41, 5.74) is 4.53. The first kappa shape index (κ1) is 26.5. The molecule has 4 aromatic rings. The van der Waals surface area contributed by atoms with Gasteiger partial charge < -0.3 is 15.4 Å². The molecule has 11 heteroatoms. The molecule has 2 N–H and O–H groups in total. The van der Waals surface area contributed by atoms with Crippen molar-refractivity contribution in [2.24, 2.45) is 0 Å². The number of anilines is 1. The number of hydrogen-bond acceptors (Lipinski definition) is 5. The molecule has 1 aliphatic carbocycles. The molecule has 0 bridgehead atoms. The lowest BCUT2D eigenvalue weighted by Gasteiger charge is -2.13. The van der Waals surface area contributed by atoms with Gasteiger partial charge in [-0.1, -0.05) is 12.1 Å². The highest BCUT2D eigenvalue weighted by Crippen LogP contribution is 2.29. The molecule has 1 amide bonds. The molecule has 0 unspecified atom stereocenters. The molecule has 1 fully saturated rings. The first-order valence-corrected chi connectivity index (χ1v) is 12.5. The molecule has 5 rings (SSSR count). The third kappa shape index (κ3) is 6.13. The van der Waals surface area contributed by atoms with Gasteiger partial charge in [-0.05, 0) is 61.2 Å². The first-order chi connectivity index (χ1) is 18.6. The maximum atomic E-state index is 14.3. The van der Waals surface area contributed by atoms with Crippen molar-refractivity contribution in [1.29, 1.82) is 0 Å². The van der Waals surface area contributed by atoms with E-state index in [-0.39, 0.29) is 30.7 Å². The third-order valence-corrected chi connectivity index (χ3v) is 6.52. The molecule has 39 heavy (non-hydrogen) atoms. The van der Waals surface area contributed by atoms with Crippen LogP contribution >= 0.6 is 0 Å². The van der Waals surface area contributed by atoms with Crippen molar-refractivity contribution in [2.75, 3.05) is 19.0 Å². The minimum Gasteiger partial charge on any atom is -0.494 e. The zero-order valence-corrected chi connectivity index (χ0v) is 21.4. The van der Waals surface area contributed by atoms with Crippen LogP contribution in [0, 0.1) is 12.7 Å².